The molecule has 92 valence electrons. The summed E-state index contributed by atoms with van der Waals surface area (Å²) < 4.78 is 23.0. The van der Waals surface area contributed by atoms with E-state index in [1.165, 1.54) is 11.4 Å². The highest BCUT2D eigenvalue weighted by atomic mass is 32.7. The molecular weight excluding hydrogens is 231 g/mol. The fourth-order valence-electron chi connectivity index (χ4n) is 0.923. The van der Waals surface area contributed by atoms with Crippen LogP contribution in [-0.2, 0) is 13.6 Å². The first-order valence-electron chi connectivity index (χ1n) is 5.51. The molecule has 0 aliphatic heterocycles. The highest BCUT2D eigenvalue weighted by Gasteiger charge is 2.28. The Hall–Kier alpha value is 0.500. The Morgan fingerprint density at radius 1 is 1.13 bits per heavy atom. The lowest BCUT2D eigenvalue weighted by Gasteiger charge is -2.21. The van der Waals surface area contributed by atoms with Crippen molar-refractivity contribution in [3.05, 3.63) is 0 Å². The molecule has 0 saturated heterocycles. The van der Waals surface area contributed by atoms with Crippen molar-refractivity contribution in [3.63, 3.8) is 0 Å². The van der Waals surface area contributed by atoms with Gasteiger partial charge in [-0.1, -0.05) is 13.3 Å². The summed E-state index contributed by atoms with van der Waals surface area (Å²) in [5.41, 5.74) is 0. The third kappa shape index (κ3) is 8.32. The smallest absolute Gasteiger partial charge is 0.298 e. The fourth-order valence-corrected chi connectivity index (χ4v) is 5.22. The second kappa shape index (κ2) is 7.72. The molecule has 0 aromatic rings. The number of unbranched alkanes of at least 4 members (excludes halogenated alkanes) is 1. The molecule has 0 fully saturated rings. The first-order chi connectivity index (χ1) is 6.89. The molecule has 0 aliphatic rings. The second-order valence-electron chi connectivity index (χ2n) is 3.94. The first kappa shape index (κ1) is 15.5. The molecule has 0 N–H and O–H groups in total. The monoisotopic (exact) mass is 254 g/mol. The van der Waals surface area contributed by atoms with Crippen molar-refractivity contribution in [3.8, 4) is 0 Å². The van der Waals surface area contributed by atoms with Crippen molar-refractivity contribution in [2.75, 3.05) is 5.75 Å². The molecule has 0 rings (SSSR count). The van der Waals surface area contributed by atoms with Gasteiger partial charge in [0.2, 0.25) is 0 Å². The maximum atomic E-state index is 12.2. The first-order valence-corrected chi connectivity index (χ1v) is 8.64. The summed E-state index contributed by atoms with van der Waals surface area (Å²) in [5, 5.41) is 0. The average Bonchev–Trinajstić information content (AvgIpc) is 2.00. The van der Waals surface area contributed by atoms with Crippen molar-refractivity contribution >= 4 is 18.2 Å². The minimum absolute atomic E-state index is 0.0660. The molecule has 0 amide bonds. The van der Waals surface area contributed by atoms with E-state index < -0.39 is 6.80 Å². The van der Waals surface area contributed by atoms with Gasteiger partial charge in [0.1, 0.15) is 0 Å². The van der Waals surface area contributed by atoms with E-state index in [1.54, 1.807) is 0 Å². The topological polar surface area (TPSA) is 35.5 Å². The fraction of sp³-hybridized carbons (Fsp3) is 1.00. The van der Waals surface area contributed by atoms with Crippen molar-refractivity contribution < 1.29 is 13.6 Å². The van der Waals surface area contributed by atoms with Gasteiger partial charge in [0.25, 0.3) is 0 Å². The molecule has 0 unspecified atom stereocenters. The Balaban J connectivity index is 4.21. The van der Waals surface area contributed by atoms with Gasteiger partial charge in [-0.05, 0) is 45.5 Å². The lowest BCUT2D eigenvalue weighted by atomic mass is 10.4. The van der Waals surface area contributed by atoms with Crippen LogP contribution in [0.4, 0.5) is 0 Å². The van der Waals surface area contributed by atoms with Gasteiger partial charge in [0.15, 0.2) is 0 Å². The lowest BCUT2D eigenvalue weighted by Crippen LogP contribution is -2.06. The molecule has 0 radical (unpaired) electrons. The van der Waals surface area contributed by atoms with Gasteiger partial charge < -0.3 is 0 Å². The summed E-state index contributed by atoms with van der Waals surface area (Å²) >= 11 is 1.32. The van der Waals surface area contributed by atoms with Crippen LogP contribution in [-0.4, -0.2) is 18.0 Å². The zero-order valence-electron chi connectivity index (χ0n) is 10.4. The Bertz CT molecular complexity index is 193. The maximum Gasteiger partial charge on any atom is 0.389 e. The third-order valence-corrected chi connectivity index (χ3v) is 5.59. The summed E-state index contributed by atoms with van der Waals surface area (Å²) in [5.74, 6) is 0.827. The van der Waals surface area contributed by atoms with E-state index in [1.807, 2.05) is 27.7 Å². The Labute approximate surface area is 97.6 Å². The van der Waals surface area contributed by atoms with Crippen LogP contribution >= 0.6 is 18.2 Å². The molecule has 0 aromatic heterocycles. The minimum Gasteiger partial charge on any atom is -0.298 e. The lowest BCUT2D eigenvalue weighted by molar-refractivity contribution is 0.156. The highest BCUT2D eigenvalue weighted by molar-refractivity contribution is 8.55. The molecule has 0 aliphatic carbocycles. The van der Waals surface area contributed by atoms with Gasteiger partial charge >= 0.3 is 6.80 Å². The van der Waals surface area contributed by atoms with Gasteiger partial charge in [-0.2, -0.15) is 0 Å². The summed E-state index contributed by atoms with van der Waals surface area (Å²) in [6, 6.07) is 0. The molecule has 3 nitrogen and oxygen atoms in total. The van der Waals surface area contributed by atoms with E-state index in [2.05, 4.69) is 6.92 Å². The van der Waals surface area contributed by atoms with Crippen LogP contribution < -0.4 is 0 Å². The van der Waals surface area contributed by atoms with Gasteiger partial charge in [-0.15, -0.1) is 0 Å². The summed E-state index contributed by atoms with van der Waals surface area (Å²) in [4.78, 5) is 0. The predicted octanol–water partition coefficient (Wildman–Crippen LogP) is 4.48. The maximum absolute atomic E-state index is 12.2. The van der Waals surface area contributed by atoms with Crippen molar-refractivity contribution in [2.24, 2.45) is 0 Å². The molecule has 0 heterocycles. The van der Waals surface area contributed by atoms with E-state index in [0.29, 0.717) is 0 Å². The van der Waals surface area contributed by atoms with Crippen LogP contribution in [0.2, 0.25) is 0 Å². The molecule has 15 heavy (non-hydrogen) atoms. The van der Waals surface area contributed by atoms with Crippen LogP contribution in [0.15, 0.2) is 0 Å². The second-order valence-corrected chi connectivity index (χ2v) is 8.04. The molecule has 5 heteroatoms. The molecule has 0 spiro atoms. The van der Waals surface area contributed by atoms with Gasteiger partial charge in [0, 0.05) is 5.75 Å². The number of hydrogen-bond acceptors (Lipinski definition) is 4. The van der Waals surface area contributed by atoms with Crippen molar-refractivity contribution in [1.29, 1.82) is 0 Å². The standard InChI is InChI=1S/C10H23O3PS/c1-6-7-8-15-14(11,12-9(2)3)13-10(4)5/h9-10H,6-8H2,1-5H3. The quantitative estimate of drug-likeness (QED) is 0.472. The van der Waals surface area contributed by atoms with Crippen LogP contribution in [0.25, 0.3) is 0 Å². The zero-order valence-corrected chi connectivity index (χ0v) is 12.1. The highest BCUT2D eigenvalue weighted by Crippen LogP contribution is 2.62. The normalized spacial score (nSPS) is 12.7. The SMILES string of the molecule is CCCCSP(=O)(OC(C)C)OC(C)C. The molecule has 0 aromatic carbocycles. The Kier molecular flexibility index (Phi) is 7.98. The van der Waals surface area contributed by atoms with Crippen LogP contribution in [0.5, 0.6) is 0 Å². The Morgan fingerprint density at radius 2 is 1.60 bits per heavy atom. The third-order valence-electron chi connectivity index (χ3n) is 1.43. The average molecular weight is 254 g/mol. The van der Waals surface area contributed by atoms with E-state index in [4.69, 9.17) is 9.05 Å². The largest absolute Gasteiger partial charge is 0.389 e. The van der Waals surface area contributed by atoms with E-state index in [-0.39, 0.29) is 12.2 Å². The summed E-state index contributed by atoms with van der Waals surface area (Å²) in [7, 11) is 0. The predicted molar refractivity (Wildman–Crippen MR) is 67.4 cm³/mol. The molecule has 0 atom stereocenters. The number of rotatable bonds is 8. The van der Waals surface area contributed by atoms with E-state index in [9.17, 15) is 4.57 Å². The van der Waals surface area contributed by atoms with Crippen LogP contribution in [0.3, 0.4) is 0 Å². The summed E-state index contributed by atoms with van der Waals surface area (Å²) in [6.45, 7) is 6.65. The van der Waals surface area contributed by atoms with E-state index >= 15 is 0 Å². The van der Waals surface area contributed by atoms with Crippen molar-refractivity contribution in [1.82, 2.24) is 0 Å². The zero-order chi connectivity index (χ0) is 11.9. The van der Waals surface area contributed by atoms with Gasteiger partial charge in [-0.3, -0.25) is 9.05 Å². The van der Waals surface area contributed by atoms with Crippen molar-refractivity contribution in [2.45, 2.75) is 59.7 Å². The van der Waals surface area contributed by atoms with Gasteiger partial charge in [0.05, 0.1) is 12.2 Å². The van der Waals surface area contributed by atoms with Gasteiger partial charge in [-0.25, -0.2) is 4.57 Å². The molecular formula is C10H23O3PS. The number of hydrogen-bond donors (Lipinski definition) is 0. The summed E-state index contributed by atoms with van der Waals surface area (Å²) in [6.07, 6.45) is 2.00. The van der Waals surface area contributed by atoms with Crippen LogP contribution in [0, 0.1) is 0 Å². The Morgan fingerprint density at radius 3 is 1.93 bits per heavy atom. The van der Waals surface area contributed by atoms with E-state index in [0.717, 1.165) is 18.6 Å². The minimum atomic E-state index is -2.94. The van der Waals surface area contributed by atoms with Crippen LogP contribution in [0.1, 0.15) is 47.5 Å². The molecule has 0 bridgehead atoms. The molecule has 0 saturated carbocycles.